The molecule has 1 saturated heterocycles. The number of hydrogen-bond acceptors (Lipinski definition) is 4. The Morgan fingerprint density at radius 3 is 2.50 bits per heavy atom. The molecule has 3 N–H and O–H groups in total. The van der Waals surface area contributed by atoms with E-state index in [-0.39, 0.29) is 11.3 Å². The summed E-state index contributed by atoms with van der Waals surface area (Å²) in [6.45, 7) is 9.65. The number of nitrogens with one attached hydrogen (secondary N) is 1. The fourth-order valence-electron chi connectivity index (χ4n) is 4.34. The number of nitrogens with two attached hydrogens (primary N) is 1. The molecule has 0 bridgehead atoms. The lowest BCUT2D eigenvalue weighted by molar-refractivity contribution is 0.290. The summed E-state index contributed by atoms with van der Waals surface area (Å²) in [5.74, 6) is -1.25. The second-order valence-corrected chi connectivity index (χ2v) is 8.84. The van der Waals surface area contributed by atoms with Gasteiger partial charge in [-0.2, -0.15) is 0 Å². The van der Waals surface area contributed by atoms with Gasteiger partial charge in [0.25, 0.3) is 0 Å². The number of hydrogen-bond donors (Lipinski definition) is 2. The molecule has 1 aliphatic carbocycles. The fourth-order valence-corrected chi connectivity index (χ4v) is 4.34. The average Bonchev–Trinajstić information content (AvgIpc) is 3.69. The molecule has 2 fully saturated rings. The summed E-state index contributed by atoms with van der Waals surface area (Å²) < 4.78 is 29.4. The number of piperidine rings is 1. The third-order valence-corrected chi connectivity index (χ3v) is 6.32. The molecule has 1 aromatic carbocycles. The van der Waals surface area contributed by atoms with E-state index in [1.807, 2.05) is 19.1 Å². The number of rotatable bonds is 7. The Hall–Kier alpha value is -3.41. The number of aryl methyl sites for hydroxylation is 1. The van der Waals surface area contributed by atoms with E-state index >= 15 is 0 Å². The topological polar surface area (TPSA) is 54.2 Å². The predicted octanol–water partition coefficient (Wildman–Crippen LogP) is 6.47. The molecule has 178 valence electrons. The van der Waals surface area contributed by atoms with Crippen molar-refractivity contribution in [2.45, 2.75) is 46.0 Å². The predicted molar refractivity (Wildman–Crippen MR) is 135 cm³/mol. The van der Waals surface area contributed by atoms with Crippen LogP contribution in [0.2, 0.25) is 0 Å². The van der Waals surface area contributed by atoms with E-state index in [4.69, 9.17) is 5.73 Å². The number of halogens is 2. The van der Waals surface area contributed by atoms with Crippen molar-refractivity contribution in [2.24, 2.45) is 0 Å². The van der Waals surface area contributed by atoms with Gasteiger partial charge < -0.3 is 16.0 Å². The molecule has 34 heavy (non-hydrogen) atoms. The van der Waals surface area contributed by atoms with Gasteiger partial charge in [-0.15, -0.1) is 0 Å². The van der Waals surface area contributed by atoms with Crippen LogP contribution in [0.25, 0.3) is 17.0 Å². The summed E-state index contributed by atoms with van der Waals surface area (Å²) in [5.41, 5.74) is 11.7. The van der Waals surface area contributed by atoms with Crippen LogP contribution in [0.1, 0.15) is 50.3 Å². The maximum atomic E-state index is 14.8. The number of pyridine rings is 1. The minimum atomic E-state index is -0.646. The van der Waals surface area contributed by atoms with Crippen LogP contribution in [-0.2, 0) is 0 Å². The van der Waals surface area contributed by atoms with Crippen molar-refractivity contribution in [2.75, 3.05) is 18.8 Å². The SMILES string of the molecule is C=C/C(NC(=C1CC1)c1nc(-c2c(F)ccc(C)c2F)ccc1N)=C(\C=C/C)N1CCCCC1. The van der Waals surface area contributed by atoms with E-state index in [0.717, 1.165) is 55.9 Å². The van der Waals surface area contributed by atoms with E-state index in [1.165, 1.54) is 24.1 Å². The number of allylic oxidation sites excluding steroid dienone is 4. The van der Waals surface area contributed by atoms with E-state index < -0.39 is 11.6 Å². The van der Waals surface area contributed by atoms with Crippen LogP contribution in [0, 0.1) is 18.6 Å². The highest BCUT2D eigenvalue weighted by Crippen LogP contribution is 2.38. The van der Waals surface area contributed by atoms with Gasteiger partial charge in [0.05, 0.1) is 34.0 Å². The first-order valence-corrected chi connectivity index (χ1v) is 11.9. The van der Waals surface area contributed by atoms with Gasteiger partial charge in [-0.25, -0.2) is 13.8 Å². The molecule has 0 unspecified atom stereocenters. The fraction of sp³-hybridized carbons (Fsp3) is 0.321. The molecular weight excluding hydrogens is 430 g/mol. The second-order valence-electron chi connectivity index (χ2n) is 8.84. The second kappa shape index (κ2) is 10.2. The van der Waals surface area contributed by atoms with Gasteiger partial charge in [0, 0.05) is 13.1 Å². The van der Waals surface area contributed by atoms with Gasteiger partial charge in [-0.3, -0.25) is 0 Å². The van der Waals surface area contributed by atoms with E-state index in [1.54, 1.807) is 19.1 Å². The quantitative estimate of drug-likeness (QED) is 0.463. The van der Waals surface area contributed by atoms with E-state index in [0.29, 0.717) is 16.9 Å². The van der Waals surface area contributed by atoms with Gasteiger partial charge in [-0.05, 0) is 87.4 Å². The van der Waals surface area contributed by atoms with Crippen molar-refractivity contribution in [3.8, 4) is 11.3 Å². The van der Waals surface area contributed by atoms with Crippen LogP contribution in [-0.4, -0.2) is 23.0 Å². The first-order chi connectivity index (χ1) is 16.4. The highest BCUT2D eigenvalue weighted by molar-refractivity contribution is 5.79. The third kappa shape index (κ3) is 4.91. The molecule has 1 aromatic heterocycles. The molecule has 6 heteroatoms. The molecular formula is C28H32F2N4. The molecule has 0 atom stereocenters. The maximum absolute atomic E-state index is 14.8. The summed E-state index contributed by atoms with van der Waals surface area (Å²) in [6.07, 6.45) is 11.3. The molecule has 2 aliphatic rings. The van der Waals surface area contributed by atoms with Crippen LogP contribution in [0.5, 0.6) is 0 Å². The minimum absolute atomic E-state index is 0.135. The minimum Gasteiger partial charge on any atom is -0.397 e. The Morgan fingerprint density at radius 2 is 1.85 bits per heavy atom. The van der Waals surface area contributed by atoms with Crippen LogP contribution in [0.15, 0.2) is 66.0 Å². The van der Waals surface area contributed by atoms with Crippen molar-refractivity contribution in [1.82, 2.24) is 15.2 Å². The van der Waals surface area contributed by atoms with Gasteiger partial charge in [0.1, 0.15) is 17.3 Å². The van der Waals surface area contributed by atoms with Gasteiger partial charge in [0.2, 0.25) is 0 Å². The first kappa shape index (κ1) is 23.7. The number of nitrogens with zero attached hydrogens (tertiary/aromatic N) is 2. The first-order valence-electron chi connectivity index (χ1n) is 11.9. The highest BCUT2D eigenvalue weighted by Gasteiger charge is 2.25. The lowest BCUT2D eigenvalue weighted by Gasteiger charge is -2.31. The van der Waals surface area contributed by atoms with Crippen molar-refractivity contribution in [3.05, 3.63) is 88.9 Å². The molecule has 1 aliphatic heterocycles. The number of nitrogen functional groups attached to an aromatic ring is 1. The summed E-state index contributed by atoms with van der Waals surface area (Å²) in [7, 11) is 0. The molecule has 1 saturated carbocycles. The maximum Gasteiger partial charge on any atom is 0.138 e. The van der Waals surface area contributed by atoms with Crippen molar-refractivity contribution < 1.29 is 8.78 Å². The Morgan fingerprint density at radius 1 is 1.12 bits per heavy atom. The molecule has 2 aromatic rings. The molecule has 0 amide bonds. The number of aromatic nitrogens is 1. The van der Waals surface area contributed by atoms with Crippen molar-refractivity contribution in [1.29, 1.82) is 0 Å². The zero-order valence-electron chi connectivity index (χ0n) is 19.9. The molecule has 4 nitrogen and oxygen atoms in total. The standard InChI is InChI=1S/C28H32F2N4/c1-4-9-24(34-16-7-6-8-17-34)22(5-2)32-27(19-11-12-19)28-21(31)14-15-23(33-28)25-20(29)13-10-18(3)26(25)30/h4-5,9-10,13-15,32H,2,6-8,11-12,16-17,31H2,1,3H3/b9-4-,24-22-. The van der Waals surface area contributed by atoms with Gasteiger partial charge >= 0.3 is 0 Å². The highest BCUT2D eigenvalue weighted by atomic mass is 19.1. The number of likely N-dealkylation sites (tertiary alicyclic amines) is 1. The Balaban J connectivity index is 1.78. The Kier molecular flexibility index (Phi) is 7.15. The lowest BCUT2D eigenvalue weighted by atomic mass is 10.0. The van der Waals surface area contributed by atoms with Crippen LogP contribution < -0.4 is 11.1 Å². The molecule has 0 spiro atoms. The zero-order valence-corrected chi connectivity index (χ0v) is 19.9. The normalized spacial score (nSPS) is 16.5. The Labute approximate surface area is 200 Å². The summed E-state index contributed by atoms with van der Waals surface area (Å²) in [4.78, 5) is 7.03. The molecule has 2 heterocycles. The van der Waals surface area contributed by atoms with Crippen molar-refractivity contribution in [3.63, 3.8) is 0 Å². The van der Waals surface area contributed by atoms with E-state index in [2.05, 4.69) is 27.9 Å². The van der Waals surface area contributed by atoms with Crippen LogP contribution >= 0.6 is 0 Å². The zero-order chi connectivity index (χ0) is 24.2. The third-order valence-electron chi connectivity index (χ3n) is 6.32. The molecule has 0 radical (unpaired) electrons. The van der Waals surface area contributed by atoms with E-state index in [9.17, 15) is 8.78 Å². The molecule has 4 rings (SSSR count). The Bertz CT molecular complexity index is 1180. The van der Waals surface area contributed by atoms with Crippen molar-refractivity contribution >= 4 is 11.4 Å². The van der Waals surface area contributed by atoms with Gasteiger partial charge in [-0.1, -0.05) is 18.7 Å². The van der Waals surface area contributed by atoms with Crippen LogP contribution in [0.3, 0.4) is 0 Å². The number of anilines is 1. The monoisotopic (exact) mass is 462 g/mol. The summed E-state index contributed by atoms with van der Waals surface area (Å²) in [5, 5.41) is 3.54. The lowest BCUT2D eigenvalue weighted by Crippen LogP contribution is -2.31. The largest absolute Gasteiger partial charge is 0.397 e. The average molecular weight is 463 g/mol. The van der Waals surface area contributed by atoms with Gasteiger partial charge in [0.15, 0.2) is 0 Å². The smallest absolute Gasteiger partial charge is 0.138 e. The summed E-state index contributed by atoms with van der Waals surface area (Å²) in [6, 6.07) is 5.93. The number of benzene rings is 1. The van der Waals surface area contributed by atoms with Crippen LogP contribution in [0.4, 0.5) is 14.5 Å². The summed E-state index contributed by atoms with van der Waals surface area (Å²) >= 11 is 0.